The van der Waals surface area contributed by atoms with Crippen LogP contribution in [0.1, 0.15) is 16.7 Å². The van der Waals surface area contributed by atoms with Crippen molar-refractivity contribution in [2.24, 2.45) is 7.05 Å². The van der Waals surface area contributed by atoms with E-state index < -0.39 is 0 Å². The molecule has 0 fully saturated rings. The molecule has 0 unspecified atom stereocenters. The zero-order valence-corrected chi connectivity index (χ0v) is 10.6. The highest BCUT2D eigenvalue weighted by Crippen LogP contribution is 2.22. The van der Waals surface area contributed by atoms with E-state index >= 15 is 0 Å². The van der Waals surface area contributed by atoms with Crippen LogP contribution in [-0.4, -0.2) is 9.55 Å². The molecule has 0 radical (unpaired) electrons. The maximum atomic E-state index is 11.6. The largest absolute Gasteiger partial charge is 0.347 e. The summed E-state index contributed by atoms with van der Waals surface area (Å²) in [6.45, 7) is 4.01. The average molecular weight is 239 g/mol. The van der Waals surface area contributed by atoms with E-state index in [9.17, 15) is 4.79 Å². The van der Waals surface area contributed by atoms with Crippen LogP contribution in [0.5, 0.6) is 0 Å². The number of nitrogens with zero attached hydrogens (tertiary/aromatic N) is 3. The van der Waals surface area contributed by atoms with Crippen molar-refractivity contribution in [3.05, 3.63) is 51.6 Å². The highest BCUT2D eigenvalue weighted by molar-refractivity contribution is 5.66. The van der Waals surface area contributed by atoms with Gasteiger partial charge in [0.2, 0.25) is 0 Å². The molecule has 1 heterocycles. The third-order valence-electron chi connectivity index (χ3n) is 2.99. The summed E-state index contributed by atoms with van der Waals surface area (Å²) in [6, 6.07) is 7.86. The predicted molar refractivity (Wildman–Crippen MR) is 69.1 cm³/mol. The number of nitriles is 1. The van der Waals surface area contributed by atoms with Crippen LogP contribution in [0.4, 0.5) is 0 Å². The molecule has 4 heteroatoms. The normalized spacial score (nSPS) is 10.1. The zero-order chi connectivity index (χ0) is 13.3. The Morgan fingerprint density at radius 1 is 1.28 bits per heavy atom. The molecule has 1 aromatic carbocycles. The first-order chi connectivity index (χ1) is 8.52. The van der Waals surface area contributed by atoms with Crippen LogP contribution in [0, 0.1) is 25.2 Å². The first kappa shape index (κ1) is 12.1. The summed E-state index contributed by atoms with van der Waals surface area (Å²) in [5.74, 6) is 0. The van der Waals surface area contributed by atoms with Crippen LogP contribution < -0.4 is 5.69 Å². The third-order valence-corrected chi connectivity index (χ3v) is 2.99. The molecule has 4 nitrogen and oxygen atoms in total. The van der Waals surface area contributed by atoms with Crippen molar-refractivity contribution in [2.45, 2.75) is 13.8 Å². The van der Waals surface area contributed by atoms with Gasteiger partial charge < -0.3 is 4.57 Å². The monoisotopic (exact) mass is 239 g/mol. The molecule has 0 spiro atoms. The minimum absolute atomic E-state index is 0.359. The number of aromatic nitrogens is 2. The van der Waals surface area contributed by atoms with E-state index in [1.807, 2.05) is 32.0 Å². The fourth-order valence-corrected chi connectivity index (χ4v) is 1.74. The lowest BCUT2D eigenvalue weighted by Gasteiger charge is -2.07. The Hall–Kier alpha value is -2.41. The number of hydrogen-bond donors (Lipinski definition) is 0. The highest BCUT2D eigenvalue weighted by atomic mass is 16.1. The second-order valence-electron chi connectivity index (χ2n) is 4.31. The number of hydrogen-bond acceptors (Lipinski definition) is 3. The fourth-order valence-electron chi connectivity index (χ4n) is 1.74. The van der Waals surface area contributed by atoms with Gasteiger partial charge in [-0.05, 0) is 31.0 Å². The quantitative estimate of drug-likeness (QED) is 0.764. The molecule has 0 N–H and O–H groups in total. The van der Waals surface area contributed by atoms with E-state index in [1.54, 1.807) is 7.05 Å². The average Bonchev–Trinajstić information content (AvgIpc) is 2.35. The zero-order valence-electron chi connectivity index (χ0n) is 10.6. The molecule has 18 heavy (non-hydrogen) atoms. The Labute approximate surface area is 105 Å². The van der Waals surface area contributed by atoms with E-state index in [0.29, 0.717) is 11.3 Å². The summed E-state index contributed by atoms with van der Waals surface area (Å²) >= 11 is 0. The molecule has 2 aromatic rings. The summed E-state index contributed by atoms with van der Waals surface area (Å²) in [6.07, 6.45) is 1.51. The molecule has 2 rings (SSSR count). The molecule has 0 aliphatic rings. The fraction of sp³-hybridized carbons (Fsp3) is 0.214. The van der Waals surface area contributed by atoms with Crippen molar-refractivity contribution < 1.29 is 0 Å². The lowest BCUT2D eigenvalue weighted by molar-refractivity contribution is 0.809. The van der Waals surface area contributed by atoms with Gasteiger partial charge in [0, 0.05) is 18.8 Å². The van der Waals surface area contributed by atoms with Crippen LogP contribution in [0.25, 0.3) is 11.3 Å². The summed E-state index contributed by atoms with van der Waals surface area (Å²) in [5, 5.41) is 9.11. The van der Waals surface area contributed by atoms with Gasteiger partial charge in [0.25, 0.3) is 0 Å². The number of rotatable bonds is 1. The van der Waals surface area contributed by atoms with Gasteiger partial charge in [0.15, 0.2) is 0 Å². The van der Waals surface area contributed by atoms with Gasteiger partial charge in [0.05, 0.1) is 11.3 Å². The molecule has 0 bridgehead atoms. The van der Waals surface area contributed by atoms with E-state index in [2.05, 4.69) is 11.1 Å². The Morgan fingerprint density at radius 2 is 2.00 bits per heavy atom. The molecule has 1 aromatic heterocycles. The van der Waals surface area contributed by atoms with E-state index in [-0.39, 0.29) is 5.69 Å². The van der Waals surface area contributed by atoms with Crippen LogP contribution >= 0.6 is 0 Å². The van der Waals surface area contributed by atoms with Crippen LogP contribution in [-0.2, 0) is 7.05 Å². The molecule has 0 amide bonds. The Kier molecular flexibility index (Phi) is 2.99. The van der Waals surface area contributed by atoms with Crippen LogP contribution in [0.15, 0.2) is 29.2 Å². The lowest BCUT2D eigenvalue weighted by atomic mass is 10.0. The molecule has 0 saturated heterocycles. The van der Waals surface area contributed by atoms with E-state index in [0.717, 1.165) is 11.1 Å². The summed E-state index contributed by atoms with van der Waals surface area (Å²) < 4.78 is 1.31. The molecule has 0 atom stereocenters. The van der Waals surface area contributed by atoms with Gasteiger partial charge in [-0.15, -0.1) is 0 Å². The maximum Gasteiger partial charge on any atom is 0.347 e. The number of aryl methyl sites for hydroxylation is 3. The van der Waals surface area contributed by atoms with Gasteiger partial charge in [-0.25, -0.2) is 4.79 Å². The first-order valence-electron chi connectivity index (χ1n) is 5.58. The van der Waals surface area contributed by atoms with Crippen molar-refractivity contribution >= 4 is 0 Å². The van der Waals surface area contributed by atoms with Gasteiger partial charge in [-0.1, -0.05) is 12.1 Å². The van der Waals surface area contributed by atoms with Crippen molar-refractivity contribution in [3.63, 3.8) is 0 Å². The first-order valence-corrected chi connectivity index (χ1v) is 5.58. The van der Waals surface area contributed by atoms with E-state index in [4.69, 9.17) is 5.26 Å². The molecule has 0 saturated carbocycles. The smallest absolute Gasteiger partial charge is 0.301 e. The second-order valence-corrected chi connectivity index (χ2v) is 4.31. The predicted octanol–water partition coefficient (Wildman–Crippen LogP) is 1.94. The highest BCUT2D eigenvalue weighted by Gasteiger charge is 2.09. The van der Waals surface area contributed by atoms with Crippen molar-refractivity contribution in [1.82, 2.24) is 9.55 Å². The van der Waals surface area contributed by atoms with Crippen LogP contribution in [0.3, 0.4) is 0 Å². The SMILES string of the molecule is Cc1ccc(-c2nc(=O)n(C)cc2C#N)cc1C. The van der Waals surface area contributed by atoms with Gasteiger partial charge in [0.1, 0.15) is 6.07 Å². The van der Waals surface area contributed by atoms with E-state index in [1.165, 1.54) is 16.3 Å². The van der Waals surface area contributed by atoms with Gasteiger partial charge in [-0.3, -0.25) is 0 Å². The third kappa shape index (κ3) is 2.03. The molecule has 0 aliphatic carbocycles. The summed E-state index contributed by atoms with van der Waals surface area (Å²) in [5.41, 5.74) is 3.57. The van der Waals surface area contributed by atoms with Crippen molar-refractivity contribution in [1.29, 1.82) is 5.26 Å². The number of benzene rings is 1. The molecular weight excluding hydrogens is 226 g/mol. The molecular formula is C14H13N3O. The maximum absolute atomic E-state index is 11.6. The van der Waals surface area contributed by atoms with Crippen LogP contribution in [0.2, 0.25) is 0 Å². The Bertz CT molecular complexity index is 708. The van der Waals surface area contributed by atoms with Gasteiger partial charge >= 0.3 is 5.69 Å². The lowest BCUT2D eigenvalue weighted by Crippen LogP contribution is -2.20. The van der Waals surface area contributed by atoms with Gasteiger partial charge in [-0.2, -0.15) is 10.2 Å². The molecule has 90 valence electrons. The summed E-state index contributed by atoms with van der Waals surface area (Å²) in [4.78, 5) is 15.5. The topological polar surface area (TPSA) is 58.7 Å². The Balaban J connectivity index is 2.71. The summed E-state index contributed by atoms with van der Waals surface area (Å²) in [7, 11) is 1.58. The second kappa shape index (κ2) is 4.46. The van der Waals surface area contributed by atoms with Crippen molar-refractivity contribution in [2.75, 3.05) is 0 Å². The Morgan fingerprint density at radius 3 is 2.61 bits per heavy atom. The minimum Gasteiger partial charge on any atom is -0.301 e. The standard InChI is InChI=1S/C14H13N3O/c1-9-4-5-11(6-10(9)2)13-12(7-15)8-17(3)14(18)16-13/h4-6,8H,1-3H3. The van der Waals surface area contributed by atoms with Crippen molar-refractivity contribution in [3.8, 4) is 17.3 Å². The molecule has 0 aliphatic heterocycles. The minimum atomic E-state index is -0.359.